The van der Waals surface area contributed by atoms with Gasteiger partial charge in [0, 0.05) is 34.6 Å². The van der Waals surface area contributed by atoms with Crippen LogP contribution in [0.15, 0.2) is 65.7 Å². The number of aromatic nitrogens is 3. The first-order valence-electron chi connectivity index (χ1n) is 10.7. The number of fused-ring (bicyclic) bond motifs is 3. The van der Waals surface area contributed by atoms with Crippen LogP contribution in [-0.2, 0) is 16.4 Å². The molecule has 0 amide bonds. The van der Waals surface area contributed by atoms with Gasteiger partial charge < -0.3 is 0 Å². The lowest BCUT2D eigenvalue weighted by Gasteiger charge is -2.23. The Morgan fingerprint density at radius 2 is 1.76 bits per heavy atom. The van der Waals surface area contributed by atoms with Gasteiger partial charge in [-0.2, -0.15) is 5.10 Å². The quantitative estimate of drug-likeness (QED) is 0.402. The van der Waals surface area contributed by atoms with Gasteiger partial charge in [0.1, 0.15) is 5.69 Å². The van der Waals surface area contributed by atoms with E-state index in [0.29, 0.717) is 22.8 Å². The Hall–Kier alpha value is -3.16. The monoisotopic (exact) mass is 478 g/mol. The second-order valence-corrected chi connectivity index (χ2v) is 10.5. The topological polar surface area (TPSA) is 68.1 Å². The summed E-state index contributed by atoms with van der Waals surface area (Å²) in [6, 6.07) is 16.4. The van der Waals surface area contributed by atoms with Crippen molar-refractivity contribution in [3.05, 3.63) is 88.2 Å². The molecule has 1 aliphatic heterocycles. The Morgan fingerprint density at radius 1 is 1.00 bits per heavy atom. The SMILES string of the molecule is Cc1ccc(S(=O)(=O)N2CCc3c(nn(-c4ccc(C)c(Cl)c4)c3C)-c3cccnc32)cc1. The number of pyridine rings is 1. The van der Waals surface area contributed by atoms with E-state index in [0.717, 1.165) is 33.8 Å². The zero-order valence-corrected chi connectivity index (χ0v) is 20.2. The van der Waals surface area contributed by atoms with Crippen LogP contribution in [0.5, 0.6) is 0 Å². The molecule has 0 saturated heterocycles. The molecule has 0 spiro atoms. The van der Waals surface area contributed by atoms with Crippen LogP contribution in [0, 0.1) is 20.8 Å². The molecule has 0 N–H and O–H groups in total. The molecule has 5 rings (SSSR count). The summed E-state index contributed by atoms with van der Waals surface area (Å²) in [6.45, 7) is 6.16. The third kappa shape index (κ3) is 3.61. The van der Waals surface area contributed by atoms with Crippen LogP contribution in [0.3, 0.4) is 0 Å². The standard InChI is InChI=1S/C25H23ClN4O2S/c1-16-6-10-20(11-7-16)33(31,32)29-14-12-21-18(3)30(19-9-8-17(2)23(26)15-19)28-24(21)22-5-4-13-27-25(22)29/h4-11,13,15H,12,14H2,1-3H3. The predicted molar refractivity (Wildman–Crippen MR) is 131 cm³/mol. The molecule has 4 aromatic rings. The maximum atomic E-state index is 13.6. The first kappa shape index (κ1) is 21.7. The third-order valence-electron chi connectivity index (χ3n) is 6.09. The summed E-state index contributed by atoms with van der Waals surface area (Å²) >= 11 is 6.36. The van der Waals surface area contributed by atoms with Crippen molar-refractivity contribution >= 4 is 27.4 Å². The molecule has 3 heterocycles. The Bertz CT molecular complexity index is 1480. The minimum absolute atomic E-state index is 0.250. The van der Waals surface area contributed by atoms with Gasteiger partial charge in [0.25, 0.3) is 10.0 Å². The average molecular weight is 479 g/mol. The highest BCUT2D eigenvalue weighted by molar-refractivity contribution is 7.92. The Morgan fingerprint density at radius 3 is 2.48 bits per heavy atom. The Kier molecular flexibility index (Phi) is 5.26. The number of anilines is 1. The molecule has 0 aliphatic carbocycles. The van der Waals surface area contributed by atoms with Gasteiger partial charge in [-0.3, -0.25) is 0 Å². The van der Waals surface area contributed by atoms with Crippen molar-refractivity contribution in [2.45, 2.75) is 32.1 Å². The number of halogens is 1. The summed E-state index contributed by atoms with van der Waals surface area (Å²) in [5.41, 5.74) is 6.26. The number of hydrogen-bond acceptors (Lipinski definition) is 4. The number of nitrogens with zero attached hydrogens (tertiary/aromatic N) is 4. The summed E-state index contributed by atoms with van der Waals surface area (Å²) in [7, 11) is -3.78. The second-order valence-electron chi connectivity index (χ2n) is 8.27. The van der Waals surface area contributed by atoms with Crippen LogP contribution in [0.1, 0.15) is 22.4 Å². The van der Waals surface area contributed by atoms with Gasteiger partial charge in [-0.05, 0) is 69.2 Å². The molecule has 0 atom stereocenters. The molecular formula is C25H23ClN4O2S. The molecule has 8 heteroatoms. The van der Waals surface area contributed by atoms with Gasteiger partial charge >= 0.3 is 0 Å². The number of sulfonamides is 1. The van der Waals surface area contributed by atoms with Gasteiger partial charge in [0.2, 0.25) is 0 Å². The summed E-state index contributed by atoms with van der Waals surface area (Å²) in [4.78, 5) is 4.73. The fraction of sp³-hybridized carbons (Fsp3) is 0.200. The van der Waals surface area contributed by atoms with E-state index in [1.807, 2.05) is 55.8 Å². The minimum atomic E-state index is -3.78. The van der Waals surface area contributed by atoms with E-state index in [2.05, 4.69) is 4.98 Å². The van der Waals surface area contributed by atoms with Crippen LogP contribution in [0.4, 0.5) is 5.82 Å². The molecule has 0 fully saturated rings. The van der Waals surface area contributed by atoms with E-state index in [1.54, 1.807) is 30.5 Å². The first-order valence-corrected chi connectivity index (χ1v) is 12.5. The lowest BCUT2D eigenvalue weighted by molar-refractivity contribution is 0.590. The van der Waals surface area contributed by atoms with E-state index in [1.165, 1.54) is 4.31 Å². The third-order valence-corrected chi connectivity index (χ3v) is 8.30. The van der Waals surface area contributed by atoms with E-state index in [9.17, 15) is 8.42 Å². The molecule has 6 nitrogen and oxygen atoms in total. The van der Waals surface area contributed by atoms with Crippen molar-refractivity contribution in [2.24, 2.45) is 0 Å². The molecule has 0 radical (unpaired) electrons. The summed E-state index contributed by atoms with van der Waals surface area (Å²) < 4.78 is 30.4. The average Bonchev–Trinajstić information content (AvgIpc) is 3.02. The van der Waals surface area contributed by atoms with Gasteiger partial charge in [0.15, 0.2) is 5.82 Å². The van der Waals surface area contributed by atoms with Gasteiger partial charge in [-0.1, -0.05) is 35.4 Å². The molecular weight excluding hydrogens is 456 g/mol. The van der Waals surface area contributed by atoms with E-state index >= 15 is 0 Å². The fourth-order valence-corrected chi connectivity index (χ4v) is 5.80. The van der Waals surface area contributed by atoms with Crippen molar-refractivity contribution < 1.29 is 8.42 Å². The number of rotatable bonds is 3. The molecule has 33 heavy (non-hydrogen) atoms. The molecule has 0 unspecified atom stereocenters. The van der Waals surface area contributed by atoms with Crippen molar-refractivity contribution in [3.8, 4) is 16.9 Å². The van der Waals surface area contributed by atoms with Gasteiger partial charge in [-0.25, -0.2) is 22.4 Å². The lowest BCUT2D eigenvalue weighted by atomic mass is 10.1. The molecule has 0 saturated carbocycles. The molecule has 2 aromatic carbocycles. The lowest BCUT2D eigenvalue weighted by Crippen LogP contribution is -2.33. The van der Waals surface area contributed by atoms with Crippen LogP contribution in [0.2, 0.25) is 5.02 Å². The number of benzene rings is 2. The summed E-state index contributed by atoms with van der Waals surface area (Å²) in [5, 5.41) is 5.57. The maximum Gasteiger partial charge on any atom is 0.265 e. The summed E-state index contributed by atoms with van der Waals surface area (Å²) in [6.07, 6.45) is 2.13. The number of hydrogen-bond donors (Lipinski definition) is 0. The predicted octanol–water partition coefficient (Wildman–Crippen LogP) is 5.26. The largest absolute Gasteiger partial charge is 0.265 e. The Balaban J connectivity index is 1.65. The maximum absolute atomic E-state index is 13.6. The van der Waals surface area contributed by atoms with E-state index < -0.39 is 10.0 Å². The minimum Gasteiger partial charge on any atom is -0.249 e. The van der Waals surface area contributed by atoms with Crippen LogP contribution in [0.25, 0.3) is 16.9 Å². The molecule has 0 bridgehead atoms. The molecule has 2 aromatic heterocycles. The molecule has 168 valence electrons. The van der Waals surface area contributed by atoms with Crippen molar-refractivity contribution in [3.63, 3.8) is 0 Å². The number of aryl methyl sites for hydroxylation is 2. The summed E-state index contributed by atoms with van der Waals surface area (Å²) in [5.74, 6) is 0.392. The van der Waals surface area contributed by atoms with Crippen LogP contribution >= 0.6 is 11.6 Å². The van der Waals surface area contributed by atoms with Gasteiger partial charge in [-0.15, -0.1) is 0 Å². The van der Waals surface area contributed by atoms with Crippen molar-refractivity contribution in [1.82, 2.24) is 14.8 Å². The van der Waals surface area contributed by atoms with Crippen LogP contribution < -0.4 is 4.31 Å². The zero-order valence-electron chi connectivity index (χ0n) is 18.6. The first-order chi connectivity index (χ1) is 15.8. The normalized spacial score (nSPS) is 13.4. The van der Waals surface area contributed by atoms with Crippen molar-refractivity contribution in [2.75, 3.05) is 10.8 Å². The highest BCUT2D eigenvalue weighted by atomic mass is 35.5. The van der Waals surface area contributed by atoms with Crippen molar-refractivity contribution in [1.29, 1.82) is 0 Å². The van der Waals surface area contributed by atoms with E-state index in [-0.39, 0.29) is 11.4 Å². The molecule has 1 aliphatic rings. The van der Waals surface area contributed by atoms with Gasteiger partial charge in [0.05, 0.1) is 10.6 Å². The van der Waals surface area contributed by atoms with Crippen LogP contribution in [-0.4, -0.2) is 29.7 Å². The smallest absolute Gasteiger partial charge is 0.249 e. The Labute approximate surface area is 198 Å². The fourth-order valence-electron chi connectivity index (χ4n) is 4.19. The highest BCUT2D eigenvalue weighted by Gasteiger charge is 2.33. The zero-order chi connectivity index (χ0) is 23.3. The second kappa shape index (κ2) is 8.01. The highest BCUT2D eigenvalue weighted by Crippen LogP contribution is 2.38. The van der Waals surface area contributed by atoms with E-state index in [4.69, 9.17) is 16.7 Å².